The van der Waals surface area contributed by atoms with E-state index in [1.54, 1.807) is 0 Å². The minimum Gasteiger partial charge on any atom is -0.313 e. The lowest BCUT2D eigenvalue weighted by molar-refractivity contribution is -0.148. The van der Waals surface area contributed by atoms with Gasteiger partial charge in [0.25, 0.3) is 5.56 Å². The second-order valence-corrected chi connectivity index (χ2v) is 5.66. The van der Waals surface area contributed by atoms with Crippen molar-refractivity contribution >= 4 is 5.65 Å². The van der Waals surface area contributed by atoms with Crippen molar-refractivity contribution in [1.29, 1.82) is 0 Å². The Kier molecular flexibility index (Phi) is 2.93. The van der Waals surface area contributed by atoms with Crippen molar-refractivity contribution in [2.45, 2.75) is 18.5 Å². The summed E-state index contributed by atoms with van der Waals surface area (Å²) in [5.74, 6) is -2.12. The number of alkyl halides is 3. The Hall–Kier alpha value is -2.91. The molecule has 0 aliphatic heterocycles. The highest BCUT2D eigenvalue weighted by atomic mass is 19.4. The Morgan fingerprint density at radius 1 is 1.29 bits per heavy atom. The quantitative estimate of drug-likeness (QED) is 0.739. The van der Waals surface area contributed by atoms with Crippen LogP contribution < -0.4 is 11.2 Å². The summed E-state index contributed by atoms with van der Waals surface area (Å²) < 4.78 is 40.0. The van der Waals surface area contributed by atoms with Crippen LogP contribution in [0.1, 0.15) is 17.9 Å². The number of H-pyrrole nitrogens is 2. The zero-order chi connectivity index (χ0) is 17.1. The molecule has 2 N–H and O–H groups in total. The van der Waals surface area contributed by atoms with Crippen molar-refractivity contribution in [3.63, 3.8) is 0 Å². The summed E-state index contributed by atoms with van der Waals surface area (Å²) in [5.41, 5.74) is -0.391. The summed E-state index contributed by atoms with van der Waals surface area (Å²) in [4.78, 5) is 31.5. The predicted octanol–water partition coefficient (Wildman–Crippen LogP) is 1.44. The van der Waals surface area contributed by atoms with Gasteiger partial charge < -0.3 is 4.98 Å². The van der Waals surface area contributed by atoms with Crippen LogP contribution >= 0.6 is 0 Å². The molecule has 0 radical (unpaired) electrons. The fourth-order valence-corrected chi connectivity index (χ4v) is 2.85. The van der Waals surface area contributed by atoms with E-state index in [0.29, 0.717) is 11.2 Å². The average molecular weight is 337 g/mol. The molecule has 24 heavy (non-hydrogen) atoms. The SMILES string of the molecule is O=c1[nH]cc(-c2cc([C@@H]3C[C@H]3C(F)(F)F)c3nccn3n2)c(=O)[nH]1. The van der Waals surface area contributed by atoms with Gasteiger partial charge in [0, 0.05) is 24.2 Å². The third kappa shape index (κ3) is 2.30. The number of hydrogen-bond acceptors (Lipinski definition) is 4. The Morgan fingerprint density at radius 3 is 2.75 bits per heavy atom. The third-order valence-corrected chi connectivity index (χ3v) is 4.09. The monoisotopic (exact) mass is 337 g/mol. The molecule has 3 aromatic rings. The number of aromatic nitrogens is 5. The molecular weight excluding hydrogens is 327 g/mol. The van der Waals surface area contributed by atoms with Gasteiger partial charge in [-0.05, 0) is 18.4 Å². The molecule has 0 unspecified atom stereocenters. The largest absolute Gasteiger partial charge is 0.392 e. The first-order valence-electron chi connectivity index (χ1n) is 7.08. The molecule has 3 heterocycles. The molecule has 0 spiro atoms. The van der Waals surface area contributed by atoms with E-state index in [2.05, 4.69) is 20.1 Å². The Bertz CT molecular complexity index is 1050. The van der Waals surface area contributed by atoms with Crippen LogP contribution in [0.2, 0.25) is 0 Å². The Balaban J connectivity index is 1.87. The second kappa shape index (κ2) is 4.79. The average Bonchev–Trinajstić information content (AvgIpc) is 3.17. The second-order valence-electron chi connectivity index (χ2n) is 5.66. The van der Waals surface area contributed by atoms with Crippen LogP contribution in [0.25, 0.3) is 16.9 Å². The van der Waals surface area contributed by atoms with Crippen LogP contribution in [-0.2, 0) is 0 Å². The van der Waals surface area contributed by atoms with E-state index in [1.807, 2.05) is 0 Å². The number of rotatable bonds is 2. The van der Waals surface area contributed by atoms with E-state index in [9.17, 15) is 22.8 Å². The maximum absolute atomic E-state index is 12.9. The van der Waals surface area contributed by atoms with E-state index in [1.165, 1.54) is 29.2 Å². The smallest absolute Gasteiger partial charge is 0.313 e. The van der Waals surface area contributed by atoms with Gasteiger partial charge in [-0.15, -0.1) is 0 Å². The zero-order valence-corrected chi connectivity index (χ0v) is 12.0. The summed E-state index contributed by atoms with van der Waals surface area (Å²) in [6.45, 7) is 0. The van der Waals surface area contributed by atoms with Crippen molar-refractivity contribution in [2.24, 2.45) is 5.92 Å². The van der Waals surface area contributed by atoms with E-state index in [4.69, 9.17) is 0 Å². The van der Waals surface area contributed by atoms with Crippen molar-refractivity contribution < 1.29 is 13.2 Å². The number of imidazole rings is 1. The zero-order valence-electron chi connectivity index (χ0n) is 12.0. The maximum Gasteiger partial charge on any atom is 0.392 e. The van der Waals surface area contributed by atoms with Crippen molar-refractivity contribution in [2.75, 3.05) is 0 Å². The van der Waals surface area contributed by atoms with E-state index >= 15 is 0 Å². The number of aromatic amines is 2. The van der Waals surface area contributed by atoms with Gasteiger partial charge >= 0.3 is 11.9 Å². The fourth-order valence-electron chi connectivity index (χ4n) is 2.85. The van der Waals surface area contributed by atoms with Gasteiger partial charge in [0.1, 0.15) is 0 Å². The Morgan fingerprint density at radius 2 is 2.08 bits per heavy atom. The summed E-state index contributed by atoms with van der Waals surface area (Å²) in [5, 5.41) is 4.18. The van der Waals surface area contributed by atoms with Crippen LogP contribution in [0.4, 0.5) is 13.2 Å². The van der Waals surface area contributed by atoms with Crippen LogP contribution in [0.3, 0.4) is 0 Å². The molecule has 0 aromatic carbocycles. The molecule has 4 rings (SSSR count). The normalized spacial score (nSPS) is 20.5. The molecule has 7 nitrogen and oxygen atoms in total. The highest BCUT2D eigenvalue weighted by Gasteiger charge is 2.56. The number of hydrogen-bond donors (Lipinski definition) is 2. The molecule has 1 aliphatic rings. The van der Waals surface area contributed by atoms with Crippen LogP contribution in [0.5, 0.6) is 0 Å². The maximum atomic E-state index is 12.9. The molecule has 1 saturated carbocycles. The topological polar surface area (TPSA) is 95.9 Å². The lowest BCUT2D eigenvalue weighted by atomic mass is 10.1. The Labute approximate surface area is 131 Å². The van der Waals surface area contributed by atoms with E-state index in [0.717, 1.165) is 0 Å². The fraction of sp³-hybridized carbons (Fsp3) is 0.286. The first kappa shape index (κ1) is 14.7. The molecule has 3 aromatic heterocycles. The minimum absolute atomic E-state index is 0.0164. The highest BCUT2D eigenvalue weighted by molar-refractivity contribution is 5.63. The first-order valence-corrected chi connectivity index (χ1v) is 7.08. The molecule has 1 fully saturated rings. The van der Waals surface area contributed by atoms with Gasteiger partial charge in [0.2, 0.25) is 0 Å². The standard InChI is InChI=1S/C14H10F3N5O2/c15-14(16,17)9-3-6(9)7-4-10(21-22-2-1-18-11(7)22)8-5-19-13(24)20-12(8)23/h1-2,4-6,9H,3H2,(H2,19,20,23,24)/t6-,9+/m0/s1. The third-order valence-electron chi connectivity index (χ3n) is 4.09. The molecule has 124 valence electrons. The number of nitrogens with zero attached hydrogens (tertiary/aromatic N) is 3. The molecule has 0 bridgehead atoms. The van der Waals surface area contributed by atoms with E-state index < -0.39 is 29.3 Å². The molecular formula is C14H10F3N5O2. The van der Waals surface area contributed by atoms with Gasteiger partial charge in [-0.25, -0.2) is 14.3 Å². The van der Waals surface area contributed by atoms with E-state index in [-0.39, 0.29) is 17.7 Å². The molecule has 10 heteroatoms. The van der Waals surface area contributed by atoms with Crippen LogP contribution in [0, 0.1) is 5.92 Å². The van der Waals surface area contributed by atoms with Crippen molar-refractivity contribution in [3.05, 3.63) is 51.1 Å². The molecule has 0 amide bonds. The van der Waals surface area contributed by atoms with Gasteiger partial charge in [-0.1, -0.05) is 0 Å². The van der Waals surface area contributed by atoms with Gasteiger partial charge in [0.15, 0.2) is 5.65 Å². The van der Waals surface area contributed by atoms with Gasteiger partial charge in [-0.3, -0.25) is 9.78 Å². The molecule has 2 atom stereocenters. The van der Waals surface area contributed by atoms with Crippen molar-refractivity contribution in [3.8, 4) is 11.3 Å². The number of nitrogens with one attached hydrogen (secondary N) is 2. The summed E-state index contributed by atoms with van der Waals surface area (Å²) in [6, 6.07) is 1.43. The summed E-state index contributed by atoms with van der Waals surface area (Å²) in [7, 11) is 0. The highest BCUT2D eigenvalue weighted by Crippen LogP contribution is 2.56. The van der Waals surface area contributed by atoms with Crippen LogP contribution in [0.15, 0.2) is 34.2 Å². The number of fused-ring (bicyclic) bond motifs is 1. The first-order chi connectivity index (χ1) is 11.3. The lowest BCUT2D eigenvalue weighted by Gasteiger charge is -2.08. The van der Waals surface area contributed by atoms with Crippen LogP contribution in [-0.4, -0.2) is 30.7 Å². The summed E-state index contributed by atoms with van der Waals surface area (Å²) >= 11 is 0. The van der Waals surface area contributed by atoms with Gasteiger partial charge in [-0.2, -0.15) is 18.3 Å². The van der Waals surface area contributed by atoms with Gasteiger partial charge in [0.05, 0.1) is 17.2 Å². The number of halogens is 3. The lowest BCUT2D eigenvalue weighted by Crippen LogP contribution is -2.23. The van der Waals surface area contributed by atoms with Crippen molar-refractivity contribution in [1.82, 2.24) is 24.6 Å². The summed E-state index contributed by atoms with van der Waals surface area (Å²) in [6.07, 6.45) is -0.181. The molecule has 1 aliphatic carbocycles. The molecule has 0 saturated heterocycles. The minimum atomic E-state index is -4.27. The predicted molar refractivity (Wildman–Crippen MR) is 76.6 cm³/mol.